The molecule has 0 radical (unpaired) electrons. The topological polar surface area (TPSA) is 0 Å². The van der Waals surface area contributed by atoms with E-state index in [0.29, 0.717) is 0 Å². The summed E-state index contributed by atoms with van der Waals surface area (Å²) in [6.45, 7) is 0. The summed E-state index contributed by atoms with van der Waals surface area (Å²) in [4.78, 5) is 0. The van der Waals surface area contributed by atoms with Crippen LogP contribution in [0.4, 0.5) is 0 Å². The Morgan fingerprint density at radius 1 is 0.314 bits per heavy atom. The van der Waals surface area contributed by atoms with E-state index in [4.69, 9.17) is 0 Å². The number of thiol groups is 4. The first-order valence-corrected chi connectivity index (χ1v) is 24.7. The molecule has 0 aliphatic rings. The van der Waals surface area contributed by atoms with Crippen LogP contribution in [0.3, 0.4) is 0 Å². The van der Waals surface area contributed by atoms with Crippen molar-refractivity contribution < 1.29 is 0 Å². The van der Waals surface area contributed by atoms with Crippen LogP contribution in [-0.4, -0.2) is 126 Å². The molecule has 0 aromatic heterocycles. The average Bonchev–Trinajstić information content (AvgIpc) is 2.87. The van der Waals surface area contributed by atoms with E-state index in [2.05, 4.69) is 133 Å². The Kier molecular flexibility index (Phi) is 39.3. The molecule has 0 aromatic carbocycles. The Morgan fingerprint density at radius 2 is 0.600 bits per heavy atom. The molecule has 0 spiro atoms. The predicted molar refractivity (Wildman–Crippen MR) is 209 cm³/mol. The Morgan fingerprint density at radius 3 is 0.943 bits per heavy atom. The van der Waals surface area contributed by atoms with E-state index in [9.17, 15) is 0 Å². The van der Waals surface area contributed by atoms with Crippen LogP contribution < -0.4 is 0 Å². The molecule has 0 nitrogen and oxygen atoms in total. The van der Waals surface area contributed by atoms with Gasteiger partial charge in [0.2, 0.25) is 0 Å². The van der Waals surface area contributed by atoms with Crippen molar-refractivity contribution in [3.05, 3.63) is 0 Å². The highest BCUT2D eigenvalue weighted by Crippen LogP contribution is 2.27. The first-order chi connectivity index (χ1) is 17.3. The molecule has 35 heavy (non-hydrogen) atoms. The summed E-state index contributed by atoms with van der Waals surface area (Å²) in [6, 6.07) is 0. The lowest BCUT2D eigenvalue weighted by Crippen LogP contribution is -2.17. The smallest absolute Gasteiger partial charge is 0.0229 e. The van der Waals surface area contributed by atoms with Crippen LogP contribution in [0.1, 0.15) is 0 Å². The van der Waals surface area contributed by atoms with Crippen LogP contribution in [0, 0.1) is 0 Å². The third-order valence-electron chi connectivity index (χ3n) is 4.06. The van der Waals surface area contributed by atoms with Crippen molar-refractivity contribution in [3.8, 4) is 0 Å². The van der Waals surface area contributed by atoms with Gasteiger partial charge in [-0.25, -0.2) is 0 Å². The lowest BCUT2D eigenvalue weighted by atomic mass is 10.5. The highest BCUT2D eigenvalue weighted by Gasteiger charge is 2.14. The maximum atomic E-state index is 4.34. The summed E-state index contributed by atoms with van der Waals surface area (Å²) in [5.74, 6) is 24.0. The molecule has 0 bridgehead atoms. The van der Waals surface area contributed by atoms with E-state index < -0.39 is 0 Å². The molecule has 0 amide bonds. The van der Waals surface area contributed by atoms with Gasteiger partial charge in [-0.15, -0.1) is 0 Å². The molecule has 2 unspecified atom stereocenters. The van der Waals surface area contributed by atoms with Gasteiger partial charge in [0.05, 0.1) is 0 Å². The second-order valence-corrected chi connectivity index (χ2v) is 19.9. The molecular formula is C22H46S13. The number of hydrogen-bond donors (Lipinski definition) is 4. The van der Waals surface area contributed by atoms with Crippen molar-refractivity contribution in [2.75, 3.05) is 115 Å². The summed E-state index contributed by atoms with van der Waals surface area (Å²) in [7, 11) is 0. The van der Waals surface area contributed by atoms with Gasteiger partial charge in [-0.3, -0.25) is 0 Å². The maximum absolute atomic E-state index is 4.34. The zero-order valence-electron chi connectivity index (χ0n) is 20.8. The minimum absolute atomic E-state index is 0.776. The highest BCUT2D eigenvalue weighted by atomic mass is 32.2. The zero-order chi connectivity index (χ0) is 25.7. The summed E-state index contributed by atoms with van der Waals surface area (Å²) in [5, 5.41) is 1.55. The van der Waals surface area contributed by atoms with Gasteiger partial charge in [0.25, 0.3) is 0 Å². The van der Waals surface area contributed by atoms with Crippen molar-refractivity contribution in [2.45, 2.75) is 10.5 Å². The monoisotopic (exact) mass is 726 g/mol. The van der Waals surface area contributed by atoms with Gasteiger partial charge < -0.3 is 0 Å². The Labute approximate surface area is 278 Å². The number of hydrogen-bond acceptors (Lipinski definition) is 13. The Bertz CT molecular complexity index is 358. The van der Waals surface area contributed by atoms with Crippen molar-refractivity contribution in [1.82, 2.24) is 0 Å². The zero-order valence-corrected chi connectivity index (χ0v) is 31.7. The largest absolute Gasteiger partial charge is 0.179 e. The first kappa shape index (κ1) is 39.5. The van der Waals surface area contributed by atoms with E-state index in [1.54, 1.807) is 0 Å². The summed E-state index contributed by atoms with van der Waals surface area (Å²) < 4.78 is 0. The minimum Gasteiger partial charge on any atom is -0.179 e. The van der Waals surface area contributed by atoms with Gasteiger partial charge in [-0.05, 0) is 23.0 Å². The molecule has 0 aliphatic carbocycles. The van der Waals surface area contributed by atoms with Crippen LogP contribution in [0.15, 0.2) is 0 Å². The fraction of sp³-hybridized carbons (Fsp3) is 1.00. The van der Waals surface area contributed by atoms with E-state index in [0.717, 1.165) is 33.5 Å². The van der Waals surface area contributed by atoms with Gasteiger partial charge >= 0.3 is 0 Å². The van der Waals surface area contributed by atoms with Crippen molar-refractivity contribution >= 4 is 156 Å². The second kappa shape index (κ2) is 34.7. The van der Waals surface area contributed by atoms with Gasteiger partial charge in [0, 0.05) is 103 Å². The molecule has 0 heterocycles. The minimum atomic E-state index is 0.776. The SMILES string of the molecule is SCCSCCSCC(CSCC(CSCCSCCS)SCCSCCS)SCCSCCS. The van der Waals surface area contributed by atoms with Crippen molar-refractivity contribution in [3.63, 3.8) is 0 Å². The molecule has 212 valence electrons. The standard InChI is InChI=1S/C22H46S13/c23-1-5-27-9-11-31-17-21(34-15-13-29-7-3-25)19-33-20-22(35-16-14-30-8-4-26)18-32-12-10-28-6-2-24/h21-26H,1-20H2. The molecule has 0 aliphatic heterocycles. The summed E-state index contributed by atoms with van der Waals surface area (Å²) in [6.07, 6.45) is 0. The van der Waals surface area contributed by atoms with Crippen LogP contribution >= 0.6 is 156 Å². The van der Waals surface area contributed by atoms with Gasteiger partial charge in [0.1, 0.15) is 0 Å². The van der Waals surface area contributed by atoms with Crippen molar-refractivity contribution in [1.29, 1.82) is 0 Å². The van der Waals surface area contributed by atoms with E-state index in [1.165, 1.54) is 92.0 Å². The molecule has 0 aromatic rings. The molecule has 0 fully saturated rings. The van der Waals surface area contributed by atoms with E-state index in [1.807, 2.05) is 23.5 Å². The summed E-state index contributed by atoms with van der Waals surface area (Å²) >= 11 is 36.5. The van der Waals surface area contributed by atoms with E-state index >= 15 is 0 Å². The summed E-state index contributed by atoms with van der Waals surface area (Å²) in [5.41, 5.74) is 0. The van der Waals surface area contributed by atoms with Crippen LogP contribution in [0.2, 0.25) is 0 Å². The third kappa shape index (κ3) is 31.3. The highest BCUT2D eigenvalue weighted by molar-refractivity contribution is 8.08. The average molecular weight is 727 g/mol. The number of thioether (sulfide) groups is 9. The maximum Gasteiger partial charge on any atom is 0.0229 e. The Balaban J connectivity index is 4.38. The van der Waals surface area contributed by atoms with Gasteiger partial charge in [-0.2, -0.15) is 156 Å². The molecule has 0 saturated heterocycles. The Hall–Kier alpha value is 4.55. The lowest BCUT2D eigenvalue weighted by molar-refractivity contribution is 1.11. The second-order valence-electron chi connectivity index (χ2n) is 7.02. The fourth-order valence-corrected chi connectivity index (χ4v) is 14.6. The predicted octanol–water partition coefficient (Wildman–Crippen LogP) is 8.04. The lowest BCUT2D eigenvalue weighted by Gasteiger charge is -2.19. The normalized spacial score (nSPS) is 13.4. The molecular weight excluding hydrogens is 681 g/mol. The molecule has 0 N–H and O–H groups in total. The van der Waals surface area contributed by atoms with Crippen LogP contribution in [0.25, 0.3) is 0 Å². The quantitative estimate of drug-likeness (QED) is 0.0426. The third-order valence-corrected chi connectivity index (χ3v) is 18.0. The molecule has 2 atom stereocenters. The van der Waals surface area contributed by atoms with Gasteiger partial charge in [0.15, 0.2) is 0 Å². The molecule has 0 saturated carbocycles. The van der Waals surface area contributed by atoms with Crippen molar-refractivity contribution in [2.24, 2.45) is 0 Å². The van der Waals surface area contributed by atoms with Gasteiger partial charge in [-0.1, -0.05) is 0 Å². The van der Waals surface area contributed by atoms with Crippen LogP contribution in [0.5, 0.6) is 0 Å². The van der Waals surface area contributed by atoms with Crippen LogP contribution in [-0.2, 0) is 0 Å². The fourth-order valence-electron chi connectivity index (χ4n) is 2.50. The molecule has 0 rings (SSSR count). The first-order valence-electron chi connectivity index (χ1n) is 12.0. The molecule has 13 heteroatoms. The number of rotatable bonds is 30. The van der Waals surface area contributed by atoms with E-state index in [-0.39, 0.29) is 0 Å².